The SMILES string of the molecule is Cc1c(Cl)cccc1N1CCCN(C)C(CN)C1. The van der Waals surface area contributed by atoms with Crippen LogP contribution in [-0.4, -0.2) is 44.2 Å². The molecule has 0 bridgehead atoms. The van der Waals surface area contributed by atoms with Gasteiger partial charge in [0, 0.05) is 36.4 Å². The molecule has 0 spiro atoms. The summed E-state index contributed by atoms with van der Waals surface area (Å²) in [4.78, 5) is 4.78. The average Bonchev–Trinajstić information content (AvgIpc) is 2.54. The first-order chi connectivity index (χ1) is 8.63. The van der Waals surface area contributed by atoms with Gasteiger partial charge in [-0.25, -0.2) is 0 Å². The fourth-order valence-electron chi connectivity index (χ4n) is 2.59. The van der Waals surface area contributed by atoms with Crippen molar-refractivity contribution in [1.29, 1.82) is 0 Å². The quantitative estimate of drug-likeness (QED) is 0.891. The van der Waals surface area contributed by atoms with E-state index >= 15 is 0 Å². The average molecular weight is 268 g/mol. The van der Waals surface area contributed by atoms with Crippen LogP contribution in [0.4, 0.5) is 5.69 Å². The molecule has 0 aromatic heterocycles. The van der Waals surface area contributed by atoms with Gasteiger partial charge < -0.3 is 15.5 Å². The Morgan fingerprint density at radius 3 is 2.89 bits per heavy atom. The summed E-state index contributed by atoms with van der Waals surface area (Å²) in [6, 6.07) is 6.55. The van der Waals surface area contributed by atoms with Crippen molar-refractivity contribution in [2.45, 2.75) is 19.4 Å². The number of nitrogens with two attached hydrogens (primary N) is 1. The second kappa shape index (κ2) is 5.91. The van der Waals surface area contributed by atoms with Gasteiger partial charge in [0.05, 0.1) is 0 Å². The second-order valence-electron chi connectivity index (χ2n) is 5.05. The van der Waals surface area contributed by atoms with E-state index in [1.54, 1.807) is 0 Å². The predicted molar refractivity (Wildman–Crippen MR) is 78.5 cm³/mol. The number of anilines is 1. The first-order valence-corrected chi connectivity index (χ1v) is 6.91. The molecule has 3 nitrogen and oxygen atoms in total. The molecule has 18 heavy (non-hydrogen) atoms. The topological polar surface area (TPSA) is 32.5 Å². The molecule has 1 aliphatic heterocycles. The van der Waals surface area contributed by atoms with E-state index < -0.39 is 0 Å². The molecule has 2 N–H and O–H groups in total. The Morgan fingerprint density at radius 2 is 2.17 bits per heavy atom. The molecule has 1 unspecified atom stereocenters. The van der Waals surface area contributed by atoms with Crippen LogP contribution in [0.1, 0.15) is 12.0 Å². The molecule has 1 aromatic rings. The first-order valence-electron chi connectivity index (χ1n) is 6.54. The fraction of sp³-hybridized carbons (Fsp3) is 0.571. The van der Waals surface area contributed by atoms with Crippen LogP contribution in [0.15, 0.2) is 18.2 Å². The zero-order valence-corrected chi connectivity index (χ0v) is 12.0. The number of nitrogens with zero attached hydrogens (tertiary/aromatic N) is 2. The van der Waals surface area contributed by atoms with Crippen molar-refractivity contribution in [1.82, 2.24) is 4.90 Å². The van der Waals surface area contributed by atoms with Crippen molar-refractivity contribution >= 4 is 17.3 Å². The van der Waals surface area contributed by atoms with Gasteiger partial charge in [-0.3, -0.25) is 0 Å². The second-order valence-corrected chi connectivity index (χ2v) is 5.46. The normalized spacial score (nSPS) is 22.0. The van der Waals surface area contributed by atoms with Crippen LogP contribution in [0, 0.1) is 6.92 Å². The maximum atomic E-state index is 6.21. The first kappa shape index (κ1) is 13.7. The Hall–Kier alpha value is -0.770. The van der Waals surface area contributed by atoms with Gasteiger partial charge in [0.1, 0.15) is 0 Å². The monoisotopic (exact) mass is 267 g/mol. The van der Waals surface area contributed by atoms with Crippen molar-refractivity contribution in [3.8, 4) is 0 Å². The molecule has 1 fully saturated rings. The Bertz CT molecular complexity index is 408. The minimum absolute atomic E-state index is 0.422. The van der Waals surface area contributed by atoms with Gasteiger partial charge >= 0.3 is 0 Å². The third-order valence-corrected chi connectivity index (χ3v) is 4.25. The molecule has 0 aliphatic carbocycles. The molecule has 1 aromatic carbocycles. The Labute approximate surface area is 115 Å². The summed E-state index contributed by atoms with van der Waals surface area (Å²) in [5.41, 5.74) is 8.29. The molecule has 0 saturated carbocycles. The highest BCUT2D eigenvalue weighted by Crippen LogP contribution is 2.27. The number of hydrogen-bond acceptors (Lipinski definition) is 3. The van der Waals surface area contributed by atoms with Crippen LogP contribution < -0.4 is 10.6 Å². The fourth-order valence-corrected chi connectivity index (χ4v) is 2.76. The van der Waals surface area contributed by atoms with Crippen LogP contribution in [0.25, 0.3) is 0 Å². The van der Waals surface area contributed by atoms with E-state index in [1.165, 1.54) is 17.7 Å². The maximum Gasteiger partial charge on any atom is 0.0455 e. The van der Waals surface area contributed by atoms with Crippen molar-refractivity contribution in [2.24, 2.45) is 5.73 Å². The van der Waals surface area contributed by atoms with Crippen LogP contribution in [-0.2, 0) is 0 Å². The summed E-state index contributed by atoms with van der Waals surface area (Å²) < 4.78 is 0. The standard InChI is InChI=1S/C14H22ClN3/c1-11-13(15)5-3-6-14(11)18-8-4-7-17(2)12(9-16)10-18/h3,5-6,12H,4,7-10,16H2,1-2H3. The third-order valence-electron chi connectivity index (χ3n) is 3.85. The van der Waals surface area contributed by atoms with Gasteiger partial charge in [-0.05, 0) is 44.6 Å². The molecular weight excluding hydrogens is 246 g/mol. The van der Waals surface area contributed by atoms with E-state index in [-0.39, 0.29) is 0 Å². The van der Waals surface area contributed by atoms with Gasteiger partial charge in [-0.2, -0.15) is 0 Å². The highest BCUT2D eigenvalue weighted by atomic mass is 35.5. The number of benzene rings is 1. The summed E-state index contributed by atoms with van der Waals surface area (Å²) in [6.45, 7) is 5.95. The maximum absolute atomic E-state index is 6.21. The van der Waals surface area contributed by atoms with Gasteiger partial charge in [0.15, 0.2) is 0 Å². The van der Waals surface area contributed by atoms with Gasteiger partial charge in [0.2, 0.25) is 0 Å². The molecule has 2 rings (SSSR count). The Balaban J connectivity index is 2.24. The summed E-state index contributed by atoms with van der Waals surface area (Å²) in [7, 11) is 2.16. The Kier molecular flexibility index (Phi) is 4.49. The molecule has 1 heterocycles. The van der Waals surface area contributed by atoms with Crippen molar-refractivity contribution in [3.05, 3.63) is 28.8 Å². The number of halogens is 1. The van der Waals surface area contributed by atoms with Crippen LogP contribution in [0.5, 0.6) is 0 Å². The lowest BCUT2D eigenvalue weighted by atomic mass is 10.1. The van der Waals surface area contributed by atoms with E-state index in [9.17, 15) is 0 Å². The molecule has 0 amide bonds. The molecule has 1 aliphatic rings. The van der Waals surface area contributed by atoms with Gasteiger partial charge in [-0.15, -0.1) is 0 Å². The van der Waals surface area contributed by atoms with Crippen molar-refractivity contribution in [2.75, 3.05) is 38.1 Å². The smallest absolute Gasteiger partial charge is 0.0455 e. The Morgan fingerprint density at radius 1 is 1.39 bits per heavy atom. The largest absolute Gasteiger partial charge is 0.370 e. The number of rotatable bonds is 2. The van der Waals surface area contributed by atoms with E-state index in [0.717, 1.165) is 24.7 Å². The van der Waals surface area contributed by atoms with Crippen molar-refractivity contribution < 1.29 is 0 Å². The number of likely N-dealkylation sites (N-methyl/N-ethyl adjacent to an activating group) is 1. The van der Waals surface area contributed by atoms with Crippen LogP contribution in [0.3, 0.4) is 0 Å². The van der Waals surface area contributed by atoms with E-state index in [4.69, 9.17) is 17.3 Å². The third kappa shape index (κ3) is 2.79. The summed E-state index contributed by atoms with van der Waals surface area (Å²) in [5, 5.41) is 0.842. The van der Waals surface area contributed by atoms with Gasteiger partial charge in [-0.1, -0.05) is 17.7 Å². The van der Waals surface area contributed by atoms with E-state index in [0.29, 0.717) is 12.6 Å². The lowest BCUT2D eigenvalue weighted by molar-refractivity contribution is 0.266. The van der Waals surface area contributed by atoms with E-state index in [2.05, 4.69) is 29.8 Å². The lowest BCUT2D eigenvalue weighted by Gasteiger charge is -2.30. The molecule has 4 heteroatoms. The lowest BCUT2D eigenvalue weighted by Crippen LogP contribution is -2.44. The molecular formula is C14H22ClN3. The zero-order valence-electron chi connectivity index (χ0n) is 11.2. The molecule has 100 valence electrons. The van der Waals surface area contributed by atoms with E-state index in [1.807, 2.05) is 12.1 Å². The zero-order chi connectivity index (χ0) is 13.1. The van der Waals surface area contributed by atoms with Gasteiger partial charge in [0.25, 0.3) is 0 Å². The minimum atomic E-state index is 0.422. The van der Waals surface area contributed by atoms with Crippen LogP contribution >= 0.6 is 11.6 Å². The summed E-state index contributed by atoms with van der Waals surface area (Å²) >= 11 is 6.21. The summed E-state index contributed by atoms with van der Waals surface area (Å²) in [6.07, 6.45) is 1.17. The molecule has 1 atom stereocenters. The molecule has 1 saturated heterocycles. The minimum Gasteiger partial charge on any atom is -0.370 e. The molecule has 0 radical (unpaired) electrons. The highest BCUT2D eigenvalue weighted by molar-refractivity contribution is 6.31. The number of hydrogen-bond donors (Lipinski definition) is 1. The van der Waals surface area contributed by atoms with Crippen LogP contribution in [0.2, 0.25) is 5.02 Å². The van der Waals surface area contributed by atoms with Crippen molar-refractivity contribution in [3.63, 3.8) is 0 Å². The predicted octanol–water partition coefficient (Wildman–Crippen LogP) is 2.12. The highest BCUT2D eigenvalue weighted by Gasteiger charge is 2.22. The summed E-state index contributed by atoms with van der Waals surface area (Å²) in [5.74, 6) is 0.